The topological polar surface area (TPSA) is 51.0 Å². The fourth-order valence-electron chi connectivity index (χ4n) is 1.07. The van der Waals surface area contributed by atoms with Crippen molar-refractivity contribution in [1.29, 1.82) is 0 Å². The van der Waals surface area contributed by atoms with Crippen LogP contribution in [0.25, 0.3) is 11.4 Å². The summed E-state index contributed by atoms with van der Waals surface area (Å²) in [7, 11) is 0. The number of thiophene rings is 1. The van der Waals surface area contributed by atoms with E-state index in [1.807, 2.05) is 23.8 Å². The Labute approximate surface area is 86.0 Å². The summed E-state index contributed by atoms with van der Waals surface area (Å²) in [6.45, 7) is 3.57. The molecule has 4 nitrogen and oxygen atoms in total. The summed E-state index contributed by atoms with van der Waals surface area (Å²) in [6.07, 6.45) is 0. The Kier molecular flexibility index (Phi) is 2.90. The first-order chi connectivity index (χ1) is 6.90. The molecule has 0 bridgehead atoms. The van der Waals surface area contributed by atoms with Gasteiger partial charge in [-0.05, 0) is 18.0 Å². The molecule has 2 rings (SSSR count). The van der Waals surface area contributed by atoms with Crippen molar-refractivity contribution in [3.8, 4) is 11.4 Å². The maximum Gasteiger partial charge on any atom is 0.240 e. The first-order valence-corrected chi connectivity index (χ1v) is 5.40. The standard InChI is InChI=1S/C9H11N3OS/c1-2-10-5-8-11-9(12-13-8)7-3-4-14-6-7/h3-4,6,10H,2,5H2,1H3. The Balaban J connectivity index is 2.10. The lowest BCUT2D eigenvalue weighted by molar-refractivity contribution is 0.369. The molecule has 0 unspecified atom stereocenters. The molecule has 0 spiro atoms. The molecule has 5 heteroatoms. The first kappa shape index (κ1) is 9.36. The maximum atomic E-state index is 5.07. The van der Waals surface area contributed by atoms with Gasteiger partial charge in [0.2, 0.25) is 11.7 Å². The second-order valence-corrected chi connectivity index (χ2v) is 3.58. The van der Waals surface area contributed by atoms with Gasteiger partial charge in [0.1, 0.15) is 0 Å². The minimum absolute atomic E-state index is 0.632. The second kappa shape index (κ2) is 4.34. The molecule has 0 saturated carbocycles. The third-order valence-corrected chi connectivity index (χ3v) is 2.46. The van der Waals surface area contributed by atoms with Crippen LogP contribution in [0.4, 0.5) is 0 Å². The van der Waals surface area contributed by atoms with Gasteiger partial charge in [-0.25, -0.2) is 0 Å². The van der Waals surface area contributed by atoms with Gasteiger partial charge in [-0.1, -0.05) is 12.1 Å². The lowest BCUT2D eigenvalue weighted by atomic mass is 10.3. The number of hydrogen-bond donors (Lipinski definition) is 1. The largest absolute Gasteiger partial charge is 0.338 e. The van der Waals surface area contributed by atoms with E-state index in [0.717, 1.165) is 12.1 Å². The van der Waals surface area contributed by atoms with E-state index in [4.69, 9.17) is 4.52 Å². The monoisotopic (exact) mass is 209 g/mol. The van der Waals surface area contributed by atoms with Crippen molar-refractivity contribution in [2.75, 3.05) is 6.54 Å². The summed E-state index contributed by atoms with van der Waals surface area (Å²) in [6, 6.07) is 1.98. The molecule has 2 aromatic heterocycles. The van der Waals surface area contributed by atoms with Crippen molar-refractivity contribution in [2.45, 2.75) is 13.5 Å². The highest BCUT2D eigenvalue weighted by Gasteiger charge is 2.07. The van der Waals surface area contributed by atoms with Gasteiger partial charge in [0.15, 0.2) is 0 Å². The van der Waals surface area contributed by atoms with Gasteiger partial charge >= 0.3 is 0 Å². The predicted molar refractivity (Wildman–Crippen MR) is 55.0 cm³/mol. The average molecular weight is 209 g/mol. The molecule has 14 heavy (non-hydrogen) atoms. The second-order valence-electron chi connectivity index (χ2n) is 2.80. The zero-order valence-electron chi connectivity index (χ0n) is 7.86. The molecule has 2 aromatic rings. The van der Waals surface area contributed by atoms with Crippen LogP contribution < -0.4 is 5.32 Å². The number of aromatic nitrogens is 2. The highest BCUT2D eigenvalue weighted by molar-refractivity contribution is 7.08. The smallest absolute Gasteiger partial charge is 0.240 e. The lowest BCUT2D eigenvalue weighted by Crippen LogP contribution is -2.11. The Morgan fingerprint density at radius 3 is 3.21 bits per heavy atom. The highest BCUT2D eigenvalue weighted by Crippen LogP contribution is 2.18. The summed E-state index contributed by atoms with van der Waals surface area (Å²) < 4.78 is 5.07. The molecule has 74 valence electrons. The zero-order chi connectivity index (χ0) is 9.80. The fraction of sp³-hybridized carbons (Fsp3) is 0.333. The summed E-state index contributed by atoms with van der Waals surface area (Å²) >= 11 is 1.62. The molecule has 0 aliphatic carbocycles. The summed E-state index contributed by atoms with van der Waals surface area (Å²) in [5.41, 5.74) is 1.02. The zero-order valence-corrected chi connectivity index (χ0v) is 8.67. The van der Waals surface area contributed by atoms with Crippen molar-refractivity contribution in [1.82, 2.24) is 15.5 Å². The van der Waals surface area contributed by atoms with Crippen LogP contribution in [0.1, 0.15) is 12.8 Å². The Morgan fingerprint density at radius 2 is 2.50 bits per heavy atom. The third kappa shape index (κ3) is 2.00. The third-order valence-electron chi connectivity index (χ3n) is 1.77. The maximum absolute atomic E-state index is 5.07. The van der Waals surface area contributed by atoms with Gasteiger partial charge in [0.05, 0.1) is 6.54 Å². The van der Waals surface area contributed by atoms with Crippen LogP contribution in [-0.2, 0) is 6.54 Å². The van der Waals surface area contributed by atoms with Crippen molar-refractivity contribution < 1.29 is 4.52 Å². The van der Waals surface area contributed by atoms with E-state index in [0.29, 0.717) is 18.3 Å². The molecule has 0 amide bonds. The molecule has 0 aromatic carbocycles. The van der Waals surface area contributed by atoms with Gasteiger partial charge in [0, 0.05) is 10.9 Å². The molecule has 2 heterocycles. The van der Waals surface area contributed by atoms with Crippen molar-refractivity contribution in [2.24, 2.45) is 0 Å². The van der Waals surface area contributed by atoms with Crippen molar-refractivity contribution in [3.63, 3.8) is 0 Å². The molecule has 0 aliphatic rings. The van der Waals surface area contributed by atoms with E-state index < -0.39 is 0 Å². The number of nitrogens with one attached hydrogen (secondary N) is 1. The Bertz CT molecular complexity index is 382. The van der Waals surface area contributed by atoms with E-state index in [9.17, 15) is 0 Å². The Morgan fingerprint density at radius 1 is 1.57 bits per heavy atom. The molecular weight excluding hydrogens is 198 g/mol. The molecule has 0 aliphatic heterocycles. The summed E-state index contributed by atoms with van der Waals surface area (Å²) in [5, 5.41) is 11.0. The van der Waals surface area contributed by atoms with E-state index in [1.165, 1.54) is 0 Å². The minimum atomic E-state index is 0.632. The normalized spacial score (nSPS) is 10.6. The van der Waals surface area contributed by atoms with Crippen LogP contribution >= 0.6 is 11.3 Å². The van der Waals surface area contributed by atoms with Crippen LogP contribution in [0, 0.1) is 0 Å². The van der Waals surface area contributed by atoms with E-state index in [2.05, 4.69) is 15.5 Å². The molecule has 0 atom stereocenters. The van der Waals surface area contributed by atoms with E-state index >= 15 is 0 Å². The summed E-state index contributed by atoms with van der Waals surface area (Å²) in [5.74, 6) is 1.30. The number of hydrogen-bond acceptors (Lipinski definition) is 5. The van der Waals surface area contributed by atoms with Crippen LogP contribution in [0.5, 0.6) is 0 Å². The van der Waals surface area contributed by atoms with E-state index in [1.54, 1.807) is 11.3 Å². The van der Waals surface area contributed by atoms with Gasteiger partial charge in [0.25, 0.3) is 0 Å². The quantitative estimate of drug-likeness (QED) is 0.835. The highest BCUT2D eigenvalue weighted by atomic mass is 32.1. The fourth-order valence-corrected chi connectivity index (χ4v) is 1.70. The van der Waals surface area contributed by atoms with Gasteiger partial charge in [-0.15, -0.1) is 0 Å². The van der Waals surface area contributed by atoms with Gasteiger partial charge in [-0.2, -0.15) is 16.3 Å². The van der Waals surface area contributed by atoms with Gasteiger partial charge in [-0.3, -0.25) is 0 Å². The van der Waals surface area contributed by atoms with Crippen molar-refractivity contribution >= 4 is 11.3 Å². The van der Waals surface area contributed by atoms with E-state index in [-0.39, 0.29) is 0 Å². The van der Waals surface area contributed by atoms with Crippen LogP contribution in [0.3, 0.4) is 0 Å². The number of nitrogens with zero attached hydrogens (tertiary/aromatic N) is 2. The number of rotatable bonds is 4. The van der Waals surface area contributed by atoms with Crippen molar-refractivity contribution in [3.05, 3.63) is 22.7 Å². The van der Waals surface area contributed by atoms with Gasteiger partial charge < -0.3 is 9.84 Å². The first-order valence-electron chi connectivity index (χ1n) is 4.46. The lowest BCUT2D eigenvalue weighted by Gasteiger charge is -1.92. The molecule has 1 N–H and O–H groups in total. The predicted octanol–water partition coefficient (Wildman–Crippen LogP) is 1.91. The van der Waals surface area contributed by atoms with Crippen LogP contribution in [0.15, 0.2) is 21.3 Å². The van der Waals surface area contributed by atoms with Crippen LogP contribution in [0.2, 0.25) is 0 Å². The molecule has 0 saturated heterocycles. The molecule has 0 radical (unpaired) electrons. The van der Waals surface area contributed by atoms with Crippen LogP contribution in [-0.4, -0.2) is 16.7 Å². The molecule has 0 fully saturated rings. The molecular formula is C9H11N3OS. The summed E-state index contributed by atoms with van der Waals surface area (Å²) in [4.78, 5) is 4.26. The minimum Gasteiger partial charge on any atom is -0.338 e. The Hall–Kier alpha value is -1.20. The average Bonchev–Trinajstić information content (AvgIpc) is 2.85. The SMILES string of the molecule is CCNCc1nc(-c2ccsc2)no1.